The molecule has 2 aromatic carbocycles. The van der Waals surface area contributed by atoms with E-state index in [9.17, 15) is 4.79 Å². The highest BCUT2D eigenvalue weighted by Crippen LogP contribution is 2.35. The lowest BCUT2D eigenvalue weighted by molar-refractivity contribution is -0.146. The van der Waals surface area contributed by atoms with Gasteiger partial charge < -0.3 is 10.1 Å². The van der Waals surface area contributed by atoms with Crippen molar-refractivity contribution in [1.82, 2.24) is 0 Å². The molecule has 118 valence electrons. The number of anilines is 1. The molecule has 0 saturated carbocycles. The Labute approximate surface area is 137 Å². The molecule has 0 spiro atoms. The Hall–Kier alpha value is -2.55. The minimum Gasteiger partial charge on any atom is -0.460 e. The minimum atomic E-state index is -0.154. The fraction of sp³-hybridized carbons (Fsp3) is 0.250. The number of fused-ring (bicyclic) bond motifs is 1. The Morgan fingerprint density at radius 2 is 2.09 bits per heavy atom. The number of hydrogen-bond acceptors (Lipinski definition) is 3. The molecule has 1 aliphatic carbocycles. The number of aryl methyl sites for hydroxylation is 1. The minimum absolute atomic E-state index is 0.131. The summed E-state index contributed by atoms with van der Waals surface area (Å²) in [7, 11) is 0. The van der Waals surface area contributed by atoms with Crippen LogP contribution in [-0.4, -0.2) is 12.5 Å². The highest BCUT2D eigenvalue weighted by Gasteiger charge is 2.30. The van der Waals surface area contributed by atoms with E-state index in [0.717, 1.165) is 29.7 Å². The Morgan fingerprint density at radius 1 is 1.26 bits per heavy atom. The average molecular weight is 307 g/mol. The monoisotopic (exact) mass is 307 g/mol. The first-order chi connectivity index (χ1) is 11.3. The van der Waals surface area contributed by atoms with Crippen LogP contribution >= 0.6 is 0 Å². The summed E-state index contributed by atoms with van der Waals surface area (Å²) in [5.74, 6) is -0.285. The van der Waals surface area contributed by atoms with Crippen LogP contribution in [0.15, 0.2) is 61.2 Å². The van der Waals surface area contributed by atoms with Crippen molar-refractivity contribution in [1.29, 1.82) is 0 Å². The van der Waals surface area contributed by atoms with Gasteiger partial charge in [0.25, 0.3) is 0 Å². The molecule has 1 aliphatic rings. The predicted molar refractivity (Wildman–Crippen MR) is 92.4 cm³/mol. The third kappa shape index (κ3) is 3.62. The normalized spacial score (nSPS) is 15.7. The zero-order valence-electron chi connectivity index (χ0n) is 13.1. The highest BCUT2D eigenvalue weighted by molar-refractivity contribution is 5.80. The molecule has 1 N–H and O–H groups in total. The smallest absolute Gasteiger partial charge is 0.313 e. The van der Waals surface area contributed by atoms with E-state index in [-0.39, 0.29) is 11.9 Å². The number of carbonyl (C=O) groups is 1. The van der Waals surface area contributed by atoms with Gasteiger partial charge in [-0.2, -0.15) is 0 Å². The molecule has 0 amide bonds. The van der Waals surface area contributed by atoms with Crippen LogP contribution in [0, 0.1) is 0 Å². The molecular formula is C20H21NO2. The molecule has 0 fully saturated rings. The molecule has 0 radical (unpaired) electrons. The maximum Gasteiger partial charge on any atom is 0.313 e. The molecule has 23 heavy (non-hydrogen) atoms. The van der Waals surface area contributed by atoms with E-state index in [0.29, 0.717) is 13.2 Å². The first-order valence-electron chi connectivity index (χ1n) is 7.96. The summed E-state index contributed by atoms with van der Waals surface area (Å²) in [6, 6.07) is 16.0. The molecule has 0 heterocycles. The second-order valence-electron chi connectivity index (χ2n) is 5.77. The summed E-state index contributed by atoms with van der Waals surface area (Å²) >= 11 is 0. The summed E-state index contributed by atoms with van der Waals surface area (Å²) in [4.78, 5) is 12.4. The summed E-state index contributed by atoms with van der Waals surface area (Å²) in [5, 5.41) is 3.27. The number of hydrogen-bond donors (Lipinski definition) is 1. The molecule has 0 saturated heterocycles. The zero-order valence-corrected chi connectivity index (χ0v) is 13.1. The Morgan fingerprint density at radius 3 is 2.87 bits per heavy atom. The first kappa shape index (κ1) is 15.3. The third-order valence-corrected chi connectivity index (χ3v) is 4.18. The van der Waals surface area contributed by atoms with Crippen molar-refractivity contribution in [2.24, 2.45) is 0 Å². The van der Waals surface area contributed by atoms with Crippen LogP contribution in [-0.2, 0) is 22.6 Å². The molecule has 0 bridgehead atoms. The van der Waals surface area contributed by atoms with Crippen LogP contribution < -0.4 is 5.32 Å². The Kier molecular flexibility index (Phi) is 4.77. The van der Waals surface area contributed by atoms with Gasteiger partial charge in [-0.3, -0.25) is 4.79 Å². The Balaban J connectivity index is 1.68. The van der Waals surface area contributed by atoms with E-state index in [2.05, 4.69) is 30.1 Å². The fourth-order valence-electron chi connectivity index (χ4n) is 2.98. The van der Waals surface area contributed by atoms with Gasteiger partial charge in [0.1, 0.15) is 6.61 Å². The second kappa shape index (κ2) is 7.14. The molecule has 1 atom stereocenters. The molecule has 0 aromatic heterocycles. The Bertz CT molecular complexity index is 694. The first-order valence-corrected chi connectivity index (χ1v) is 7.96. The van der Waals surface area contributed by atoms with E-state index in [1.54, 1.807) is 0 Å². The lowest BCUT2D eigenvalue weighted by Gasteiger charge is -2.13. The van der Waals surface area contributed by atoms with Crippen LogP contribution in [0.25, 0.3) is 0 Å². The number of ether oxygens (including phenoxy) is 1. The van der Waals surface area contributed by atoms with E-state index < -0.39 is 0 Å². The molecule has 3 nitrogen and oxygen atoms in total. The second-order valence-corrected chi connectivity index (χ2v) is 5.77. The van der Waals surface area contributed by atoms with Crippen molar-refractivity contribution in [3.05, 3.63) is 77.9 Å². The van der Waals surface area contributed by atoms with E-state index >= 15 is 0 Å². The van der Waals surface area contributed by atoms with Gasteiger partial charge in [0.15, 0.2) is 0 Å². The van der Waals surface area contributed by atoms with Crippen LogP contribution in [0.4, 0.5) is 5.69 Å². The van der Waals surface area contributed by atoms with Crippen LogP contribution in [0.2, 0.25) is 0 Å². The van der Waals surface area contributed by atoms with Gasteiger partial charge in [0.2, 0.25) is 0 Å². The molecule has 1 unspecified atom stereocenters. The molecule has 3 rings (SSSR count). The molecule has 2 aromatic rings. The van der Waals surface area contributed by atoms with E-state index in [1.165, 1.54) is 5.56 Å². The van der Waals surface area contributed by atoms with Gasteiger partial charge in [-0.05, 0) is 41.7 Å². The van der Waals surface area contributed by atoms with Crippen molar-refractivity contribution in [2.45, 2.75) is 25.4 Å². The number of esters is 1. The maximum absolute atomic E-state index is 12.4. The maximum atomic E-state index is 12.4. The highest BCUT2D eigenvalue weighted by atomic mass is 16.5. The SMILES string of the molecule is C=CCNc1ccc2c(c1)C(C(=O)OCc1ccccc1)CC2. The van der Waals surface area contributed by atoms with Crippen molar-refractivity contribution in [3.63, 3.8) is 0 Å². The van der Waals surface area contributed by atoms with Crippen molar-refractivity contribution < 1.29 is 9.53 Å². The summed E-state index contributed by atoms with van der Waals surface area (Å²) in [6.45, 7) is 4.75. The fourth-order valence-corrected chi connectivity index (χ4v) is 2.98. The van der Waals surface area contributed by atoms with Gasteiger partial charge >= 0.3 is 5.97 Å². The van der Waals surface area contributed by atoms with E-state index in [1.807, 2.05) is 36.4 Å². The lowest BCUT2D eigenvalue weighted by atomic mass is 10.0. The van der Waals surface area contributed by atoms with Crippen molar-refractivity contribution >= 4 is 11.7 Å². The topological polar surface area (TPSA) is 38.3 Å². The lowest BCUT2D eigenvalue weighted by Crippen LogP contribution is -2.14. The molecular weight excluding hydrogens is 286 g/mol. The van der Waals surface area contributed by atoms with Crippen LogP contribution in [0.1, 0.15) is 29.0 Å². The zero-order chi connectivity index (χ0) is 16.1. The van der Waals surface area contributed by atoms with Gasteiger partial charge in [0.05, 0.1) is 5.92 Å². The summed E-state index contributed by atoms with van der Waals surface area (Å²) in [6.07, 6.45) is 3.58. The van der Waals surface area contributed by atoms with E-state index in [4.69, 9.17) is 4.74 Å². The van der Waals surface area contributed by atoms with Crippen LogP contribution in [0.5, 0.6) is 0 Å². The molecule has 3 heteroatoms. The average Bonchev–Trinajstić information content (AvgIpc) is 3.02. The summed E-state index contributed by atoms with van der Waals surface area (Å²) in [5.41, 5.74) is 4.37. The summed E-state index contributed by atoms with van der Waals surface area (Å²) < 4.78 is 5.51. The number of carbonyl (C=O) groups excluding carboxylic acids is 1. The number of rotatable bonds is 6. The predicted octanol–water partition coefficient (Wildman–Crippen LogP) is 4.06. The van der Waals surface area contributed by atoms with Crippen molar-refractivity contribution in [2.75, 3.05) is 11.9 Å². The van der Waals surface area contributed by atoms with Crippen molar-refractivity contribution in [3.8, 4) is 0 Å². The van der Waals surface area contributed by atoms with Gasteiger partial charge in [-0.25, -0.2) is 0 Å². The quantitative estimate of drug-likeness (QED) is 0.646. The standard InChI is InChI=1S/C20H21NO2/c1-2-12-21-17-10-8-16-9-11-18(19(16)13-17)20(22)23-14-15-6-4-3-5-7-15/h2-8,10,13,18,21H,1,9,11-12,14H2. The number of benzene rings is 2. The van der Waals surface area contributed by atoms with Crippen LogP contribution in [0.3, 0.4) is 0 Å². The van der Waals surface area contributed by atoms with Gasteiger partial charge in [-0.15, -0.1) is 6.58 Å². The largest absolute Gasteiger partial charge is 0.460 e. The van der Waals surface area contributed by atoms with Gasteiger partial charge in [0, 0.05) is 12.2 Å². The number of nitrogens with one attached hydrogen (secondary N) is 1. The van der Waals surface area contributed by atoms with Gasteiger partial charge in [-0.1, -0.05) is 42.5 Å². The third-order valence-electron chi connectivity index (χ3n) is 4.18. The molecule has 0 aliphatic heterocycles.